The SMILES string of the molecule is CCOC(=O)C(C)(C)Cc1c(SC(C)(C)C)c2cc(OCC3CCCCN3C(=O)OC(C)(C)C)ccc2n1Cc1ccc(Cl)cc1. The van der Waals surface area contributed by atoms with Crippen LogP contribution >= 0.6 is 23.4 Å². The molecule has 252 valence electrons. The molecule has 0 saturated carbocycles. The zero-order valence-corrected chi connectivity index (χ0v) is 30.6. The first kappa shape index (κ1) is 36.0. The van der Waals surface area contributed by atoms with Gasteiger partial charge in [0.2, 0.25) is 0 Å². The average molecular weight is 671 g/mol. The highest BCUT2D eigenvalue weighted by Crippen LogP contribution is 2.44. The Morgan fingerprint density at radius 3 is 2.30 bits per heavy atom. The van der Waals surface area contributed by atoms with E-state index in [1.807, 2.05) is 76.8 Å². The molecule has 3 aromatic rings. The van der Waals surface area contributed by atoms with E-state index in [1.54, 1.807) is 11.8 Å². The molecule has 0 bridgehead atoms. The van der Waals surface area contributed by atoms with E-state index in [4.69, 9.17) is 25.8 Å². The minimum absolute atomic E-state index is 0.0573. The van der Waals surface area contributed by atoms with E-state index in [9.17, 15) is 9.59 Å². The van der Waals surface area contributed by atoms with E-state index in [2.05, 4.69) is 37.5 Å². The summed E-state index contributed by atoms with van der Waals surface area (Å²) in [6.07, 6.45) is 3.10. The largest absolute Gasteiger partial charge is 0.491 e. The summed E-state index contributed by atoms with van der Waals surface area (Å²) in [5.74, 6) is 0.536. The third-order valence-corrected chi connectivity index (χ3v) is 9.41. The van der Waals surface area contributed by atoms with Crippen molar-refractivity contribution in [2.24, 2.45) is 5.41 Å². The number of nitrogens with zero attached hydrogens (tertiary/aromatic N) is 2. The fourth-order valence-electron chi connectivity index (χ4n) is 5.74. The smallest absolute Gasteiger partial charge is 0.410 e. The van der Waals surface area contributed by atoms with E-state index in [1.165, 1.54) is 0 Å². The predicted molar refractivity (Wildman–Crippen MR) is 188 cm³/mol. The van der Waals surface area contributed by atoms with Gasteiger partial charge in [-0.05, 0) is 96.7 Å². The molecular formula is C37H51ClN2O5S. The van der Waals surface area contributed by atoms with Gasteiger partial charge in [0.1, 0.15) is 18.0 Å². The number of benzene rings is 2. The van der Waals surface area contributed by atoms with Gasteiger partial charge in [-0.3, -0.25) is 4.79 Å². The van der Waals surface area contributed by atoms with Gasteiger partial charge in [0, 0.05) is 50.8 Å². The van der Waals surface area contributed by atoms with Crippen molar-refractivity contribution in [2.45, 2.75) is 116 Å². The first-order chi connectivity index (χ1) is 21.5. The molecule has 1 aliphatic heterocycles. The Balaban J connectivity index is 1.75. The van der Waals surface area contributed by atoms with Crippen LogP contribution in [0.5, 0.6) is 5.75 Å². The quantitative estimate of drug-likeness (QED) is 0.158. The van der Waals surface area contributed by atoms with Crippen LogP contribution < -0.4 is 4.74 Å². The van der Waals surface area contributed by atoms with E-state index >= 15 is 0 Å². The number of thioether (sulfide) groups is 1. The van der Waals surface area contributed by atoms with E-state index in [0.29, 0.717) is 37.7 Å². The number of fused-ring (bicyclic) bond motifs is 1. The molecule has 1 fully saturated rings. The number of hydrogen-bond acceptors (Lipinski definition) is 6. The maximum absolute atomic E-state index is 13.1. The molecule has 0 spiro atoms. The van der Waals surface area contributed by atoms with Gasteiger partial charge in [-0.25, -0.2) is 4.79 Å². The Morgan fingerprint density at radius 2 is 1.67 bits per heavy atom. The number of rotatable bonds is 10. The molecule has 2 heterocycles. The average Bonchev–Trinajstić information content (AvgIpc) is 3.21. The summed E-state index contributed by atoms with van der Waals surface area (Å²) in [5.41, 5.74) is 1.98. The Hall–Kier alpha value is -2.84. The summed E-state index contributed by atoms with van der Waals surface area (Å²) in [4.78, 5) is 29.1. The minimum atomic E-state index is -0.735. The van der Waals surface area contributed by atoms with Gasteiger partial charge in [0.05, 0.1) is 18.1 Å². The van der Waals surface area contributed by atoms with Crippen LogP contribution in [-0.2, 0) is 27.2 Å². The second-order valence-electron chi connectivity index (χ2n) is 14.8. The summed E-state index contributed by atoms with van der Waals surface area (Å²) in [5, 5.41) is 1.77. The van der Waals surface area contributed by atoms with Crippen LogP contribution in [0.25, 0.3) is 10.9 Å². The molecular weight excluding hydrogens is 620 g/mol. The molecule has 1 aliphatic rings. The zero-order chi connectivity index (χ0) is 33.9. The summed E-state index contributed by atoms with van der Waals surface area (Å²) < 4.78 is 19.9. The fraction of sp³-hybridized carbons (Fsp3) is 0.568. The summed E-state index contributed by atoms with van der Waals surface area (Å²) in [6.45, 7) is 20.1. The van der Waals surface area contributed by atoms with Gasteiger partial charge in [-0.1, -0.05) is 44.5 Å². The van der Waals surface area contributed by atoms with E-state index < -0.39 is 11.0 Å². The maximum Gasteiger partial charge on any atom is 0.410 e. The lowest BCUT2D eigenvalue weighted by atomic mass is 9.87. The van der Waals surface area contributed by atoms with Crippen LogP contribution in [0, 0.1) is 5.41 Å². The van der Waals surface area contributed by atoms with Crippen LogP contribution in [0.3, 0.4) is 0 Å². The van der Waals surface area contributed by atoms with Gasteiger partial charge in [-0.15, -0.1) is 11.8 Å². The van der Waals surface area contributed by atoms with Crippen LogP contribution in [0.2, 0.25) is 5.02 Å². The number of carbonyl (C=O) groups is 2. The van der Waals surface area contributed by atoms with Crippen LogP contribution in [-0.4, -0.2) is 57.7 Å². The van der Waals surface area contributed by atoms with Gasteiger partial charge in [0.15, 0.2) is 0 Å². The number of halogens is 1. The number of likely N-dealkylation sites (tertiary alicyclic amines) is 1. The highest BCUT2D eigenvalue weighted by Gasteiger charge is 2.35. The normalized spacial score (nSPS) is 16.0. The van der Waals surface area contributed by atoms with Gasteiger partial charge >= 0.3 is 12.1 Å². The minimum Gasteiger partial charge on any atom is -0.491 e. The van der Waals surface area contributed by atoms with E-state index in [0.717, 1.165) is 52.1 Å². The molecule has 1 saturated heterocycles. The number of piperidine rings is 1. The first-order valence-corrected chi connectivity index (χ1v) is 17.5. The molecule has 7 nitrogen and oxygen atoms in total. The van der Waals surface area contributed by atoms with Crippen molar-refractivity contribution in [3.63, 3.8) is 0 Å². The Morgan fingerprint density at radius 1 is 0.978 bits per heavy atom. The third kappa shape index (κ3) is 9.37. The summed E-state index contributed by atoms with van der Waals surface area (Å²) in [6, 6.07) is 14.1. The lowest BCUT2D eigenvalue weighted by Crippen LogP contribution is -2.48. The topological polar surface area (TPSA) is 70.0 Å². The lowest BCUT2D eigenvalue weighted by molar-refractivity contribution is -0.153. The highest BCUT2D eigenvalue weighted by atomic mass is 35.5. The highest BCUT2D eigenvalue weighted by molar-refractivity contribution is 8.00. The number of aromatic nitrogens is 1. The van der Waals surface area contributed by atoms with Gasteiger partial charge in [0.25, 0.3) is 0 Å². The maximum atomic E-state index is 13.1. The zero-order valence-electron chi connectivity index (χ0n) is 29.0. The number of esters is 1. The van der Waals surface area contributed by atoms with Crippen LogP contribution in [0.1, 0.15) is 92.8 Å². The summed E-state index contributed by atoms with van der Waals surface area (Å²) >= 11 is 8.02. The summed E-state index contributed by atoms with van der Waals surface area (Å²) in [7, 11) is 0. The standard InChI is InChI=1S/C37H51ClN2O5S/c1-10-43-33(41)37(8,9)22-31-32(46-36(5,6)7)29-21-28(18-19-30(29)40(31)23-25-14-16-26(38)17-15-25)44-24-27-13-11-12-20-39(27)34(42)45-35(2,3)4/h14-19,21,27H,10-13,20,22-24H2,1-9H3. The van der Waals surface area contributed by atoms with Crippen molar-refractivity contribution in [3.8, 4) is 5.75 Å². The molecule has 0 N–H and O–H groups in total. The fourth-order valence-corrected chi connectivity index (χ4v) is 7.05. The molecule has 1 atom stereocenters. The molecule has 4 rings (SSSR count). The molecule has 9 heteroatoms. The van der Waals surface area contributed by atoms with Gasteiger partial charge < -0.3 is 23.7 Å². The monoisotopic (exact) mass is 670 g/mol. The van der Waals surface area contributed by atoms with Gasteiger partial charge in [-0.2, -0.15) is 0 Å². The molecule has 46 heavy (non-hydrogen) atoms. The number of hydrogen-bond donors (Lipinski definition) is 0. The van der Waals surface area contributed by atoms with Crippen molar-refractivity contribution in [3.05, 3.63) is 58.7 Å². The van der Waals surface area contributed by atoms with Crippen molar-refractivity contribution in [2.75, 3.05) is 19.8 Å². The number of amides is 1. The number of carbonyl (C=O) groups excluding carboxylic acids is 2. The number of ether oxygens (including phenoxy) is 3. The van der Waals surface area contributed by atoms with Crippen LogP contribution in [0.4, 0.5) is 4.79 Å². The van der Waals surface area contributed by atoms with E-state index in [-0.39, 0.29) is 22.9 Å². The second-order valence-corrected chi connectivity index (χ2v) is 17.1. The molecule has 1 amide bonds. The lowest BCUT2D eigenvalue weighted by Gasteiger charge is -2.36. The molecule has 0 aliphatic carbocycles. The second kappa shape index (κ2) is 14.5. The van der Waals surface area contributed by atoms with Crippen LogP contribution in [0.15, 0.2) is 47.4 Å². The molecule has 0 radical (unpaired) electrons. The van der Waals surface area contributed by atoms with Crippen molar-refractivity contribution in [1.82, 2.24) is 9.47 Å². The van der Waals surface area contributed by atoms with Crippen molar-refractivity contribution in [1.29, 1.82) is 0 Å². The molecule has 2 aromatic carbocycles. The Kier molecular flexibility index (Phi) is 11.4. The Labute approximate surface area is 284 Å². The first-order valence-electron chi connectivity index (χ1n) is 16.4. The Bertz CT molecular complexity index is 1520. The molecule has 1 unspecified atom stereocenters. The third-order valence-electron chi connectivity index (χ3n) is 7.89. The predicted octanol–water partition coefficient (Wildman–Crippen LogP) is 9.53. The van der Waals surface area contributed by atoms with Crippen molar-refractivity contribution < 1.29 is 23.8 Å². The molecule has 1 aromatic heterocycles. The van der Waals surface area contributed by atoms with Crippen molar-refractivity contribution >= 4 is 46.3 Å².